The SMILES string of the molecule is Cc1cc(NC(=O)Nc2ccc(C#N)cc2)ccc1NC=O. The van der Waals surface area contributed by atoms with Gasteiger partial charge in [0.2, 0.25) is 6.41 Å². The molecule has 110 valence electrons. The summed E-state index contributed by atoms with van der Waals surface area (Å²) in [4.78, 5) is 22.3. The highest BCUT2D eigenvalue weighted by Gasteiger charge is 2.05. The molecule has 3 amide bonds. The zero-order valence-corrected chi connectivity index (χ0v) is 11.9. The molecular formula is C16H14N4O2. The van der Waals surface area contributed by atoms with Crippen molar-refractivity contribution in [3.8, 4) is 6.07 Å². The Balaban J connectivity index is 2.00. The Hall–Kier alpha value is -3.33. The van der Waals surface area contributed by atoms with Crippen LogP contribution in [0.5, 0.6) is 0 Å². The number of urea groups is 1. The lowest BCUT2D eigenvalue weighted by atomic mass is 10.2. The zero-order chi connectivity index (χ0) is 15.9. The first-order valence-corrected chi connectivity index (χ1v) is 6.51. The molecule has 0 fully saturated rings. The van der Waals surface area contributed by atoms with E-state index in [9.17, 15) is 9.59 Å². The predicted octanol–water partition coefficient (Wildman–Crippen LogP) is 3.08. The van der Waals surface area contributed by atoms with Crippen molar-refractivity contribution in [1.29, 1.82) is 5.26 Å². The van der Waals surface area contributed by atoms with E-state index in [1.165, 1.54) is 0 Å². The maximum Gasteiger partial charge on any atom is 0.323 e. The molecule has 0 aliphatic carbocycles. The molecule has 0 aliphatic heterocycles. The molecular weight excluding hydrogens is 280 g/mol. The number of aryl methyl sites for hydroxylation is 1. The van der Waals surface area contributed by atoms with Crippen molar-refractivity contribution in [2.75, 3.05) is 16.0 Å². The number of anilines is 3. The molecule has 0 bridgehead atoms. The summed E-state index contributed by atoms with van der Waals surface area (Å²) in [5.41, 5.74) is 3.25. The number of hydrogen-bond acceptors (Lipinski definition) is 3. The number of benzene rings is 2. The van der Waals surface area contributed by atoms with Crippen molar-refractivity contribution in [3.05, 3.63) is 53.6 Å². The highest BCUT2D eigenvalue weighted by atomic mass is 16.2. The van der Waals surface area contributed by atoms with Crippen LogP contribution in [0.3, 0.4) is 0 Å². The summed E-state index contributed by atoms with van der Waals surface area (Å²) in [5, 5.41) is 16.7. The van der Waals surface area contributed by atoms with E-state index in [-0.39, 0.29) is 6.03 Å². The van der Waals surface area contributed by atoms with Crippen LogP contribution in [0.4, 0.5) is 21.9 Å². The van der Waals surface area contributed by atoms with Gasteiger partial charge in [-0.15, -0.1) is 0 Å². The largest absolute Gasteiger partial charge is 0.328 e. The molecule has 0 heterocycles. The number of rotatable bonds is 4. The van der Waals surface area contributed by atoms with Crippen LogP contribution in [-0.2, 0) is 4.79 Å². The van der Waals surface area contributed by atoms with Crippen LogP contribution in [0, 0.1) is 18.3 Å². The average Bonchev–Trinajstić information content (AvgIpc) is 2.51. The first-order chi connectivity index (χ1) is 10.6. The number of nitriles is 1. The van der Waals surface area contributed by atoms with Gasteiger partial charge in [-0.2, -0.15) is 5.26 Å². The molecule has 0 radical (unpaired) electrons. The molecule has 0 saturated heterocycles. The summed E-state index contributed by atoms with van der Waals surface area (Å²) >= 11 is 0. The minimum atomic E-state index is -0.389. The third-order valence-electron chi connectivity index (χ3n) is 2.97. The van der Waals surface area contributed by atoms with Crippen LogP contribution in [0.15, 0.2) is 42.5 Å². The van der Waals surface area contributed by atoms with Gasteiger partial charge >= 0.3 is 6.03 Å². The van der Waals surface area contributed by atoms with E-state index in [1.54, 1.807) is 42.5 Å². The molecule has 3 N–H and O–H groups in total. The quantitative estimate of drug-likeness (QED) is 0.756. The molecule has 0 aliphatic rings. The summed E-state index contributed by atoms with van der Waals surface area (Å²) in [7, 11) is 0. The van der Waals surface area contributed by atoms with E-state index in [0.717, 1.165) is 5.56 Å². The molecule has 2 aromatic rings. The van der Waals surface area contributed by atoms with Crippen LogP contribution in [0.1, 0.15) is 11.1 Å². The van der Waals surface area contributed by atoms with Gasteiger partial charge in [-0.05, 0) is 55.0 Å². The number of nitrogens with one attached hydrogen (secondary N) is 3. The van der Waals surface area contributed by atoms with Gasteiger partial charge in [0.1, 0.15) is 0 Å². The van der Waals surface area contributed by atoms with Crippen molar-refractivity contribution in [3.63, 3.8) is 0 Å². The van der Waals surface area contributed by atoms with E-state index in [1.807, 2.05) is 13.0 Å². The number of nitrogens with zero attached hydrogens (tertiary/aromatic N) is 1. The summed E-state index contributed by atoms with van der Waals surface area (Å²) in [5.74, 6) is 0. The summed E-state index contributed by atoms with van der Waals surface area (Å²) < 4.78 is 0. The van der Waals surface area contributed by atoms with Gasteiger partial charge in [-0.1, -0.05) is 0 Å². The first-order valence-electron chi connectivity index (χ1n) is 6.51. The second kappa shape index (κ2) is 6.90. The van der Waals surface area contributed by atoms with E-state index >= 15 is 0 Å². The fraction of sp³-hybridized carbons (Fsp3) is 0.0625. The molecule has 0 atom stereocenters. The average molecular weight is 294 g/mol. The van der Waals surface area contributed by atoms with Gasteiger partial charge in [0, 0.05) is 17.1 Å². The predicted molar refractivity (Wildman–Crippen MR) is 84.7 cm³/mol. The highest BCUT2D eigenvalue weighted by molar-refractivity contribution is 6.00. The van der Waals surface area contributed by atoms with Gasteiger partial charge in [0.05, 0.1) is 11.6 Å². The normalized spacial score (nSPS) is 9.45. The highest BCUT2D eigenvalue weighted by Crippen LogP contribution is 2.19. The number of hydrogen-bond donors (Lipinski definition) is 3. The van der Waals surface area contributed by atoms with Crippen molar-refractivity contribution in [2.45, 2.75) is 6.92 Å². The molecule has 0 unspecified atom stereocenters. The maximum atomic E-state index is 11.9. The smallest absolute Gasteiger partial charge is 0.323 e. The van der Waals surface area contributed by atoms with Crippen molar-refractivity contribution < 1.29 is 9.59 Å². The van der Waals surface area contributed by atoms with E-state index < -0.39 is 0 Å². The maximum absolute atomic E-state index is 11.9. The summed E-state index contributed by atoms with van der Waals surface area (Å²) in [6.45, 7) is 1.83. The lowest BCUT2D eigenvalue weighted by Gasteiger charge is -2.10. The van der Waals surface area contributed by atoms with Crippen molar-refractivity contribution in [2.24, 2.45) is 0 Å². The van der Waals surface area contributed by atoms with Gasteiger partial charge in [0.15, 0.2) is 0 Å². The number of carbonyl (C=O) groups excluding carboxylic acids is 2. The first kappa shape index (κ1) is 15.1. The van der Waals surface area contributed by atoms with Crippen molar-refractivity contribution >= 4 is 29.5 Å². The van der Waals surface area contributed by atoms with Gasteiger partial charge < -0.3 is 16.0 Å². The van der Waals surface area contributed by atoms with Gasteiger partial charge in [0.25, 0.3) is 0 Å². The molecule has 6 heteroatoms. The Morgan fingerprint density at radius 1 is 1.09 bits per heavy atom. The van der Waals surface area contributed by atoms with E-state index in [2.05, 4.69) is 16.0 Å². The Morgan fingerprint density at radius 2 is 1.73 bits per heavy atom. The molecule has 2 rings (SSSR count). The lowest BCUT2D eigenvalue weighted by Crippen LogP contribution is -2.19. The Kier molecular flexibility index (Phi) is 4.73. The monoisotopic (exact) mass is 294 g/mol. The van der Waals surface area contributed by atoms with Crippen LogP contribution in [0.2, 0.25) is 0 Å². The third-order valence-corrected chi connectivity index (χ3v) is 2.97. The molecule has 2 aromatic carbocycles. The van der Waals surface area contributed by atoms with Crippen LogP contribution in [0.25, 0.3) is 0 Å². The fourth-order valence-electron chi connectivity index (χ4n) is 1.89. The molecule has 0 saturated carbocycles. The summed E-state index contributed by atoms with van der Waals surface area (Å²) in [6.07, 6.45) is 0.604. The van der Waals surface area contributed by atoms with E-state index in [0.29, 0.717) is 29.0 Å². The van der Waals surface area contributed by atoms with Gasteiger partial charge in [-0.3, -0.25) is 4.79 Å². The third kappa shape index (κ3) is 3.84. The van der Waals surface area contributed by atoms with Crippen LogP contribution >= 0.6 is 0 Å². The second-order valence-electron chi connectivity index (χ2n) is 4.56. The Bertz CT molecular complexity index is 733. The van der Waals surface area contributed by atoms with Gasteiger partial charge in [-0.25, -0.2) is 4.79 Å². The van der Waals surface area contributed by atoms with Crippen LogP contribution < -0.4 is 16.0 Å². The minimum Gasteiger partial charge on any atom is -0.328 e. The topological polar surface area (TPSA) is 94.0 Å². The molecule has 22 heavy (non-hydrogen) atoms. The fourth-order valence-corrected chi connectivity index (χ4v) is 1.89. The standard InChI is InChI=1S/C16H14N4O2/c1-11-8-14(6-7-15(11)18-10-21)20-16(22)19-13-4-2-12(9-17)3-5-13/h2-8,10H,1H3,(H,18,21)(H2,19,20,22). The molecule has 0 aromatic heterocycles. The Morgan fingerprint density at radius 3 is 2.32 bits per heavy atom. The second-order valence-corrected chi connectivity index (χ2v) is 4.56. The van der Waals surface area contributed by atoms with E-state index in [4.69, 9.17) is 5.26 Å². The lowest BCUT2D eigenvalue weighted by molar-refractivity contribution is -0.105. The zero-order valence-electron chi connectivity index (χ0n) is 11.9. The molecule has 0 spiro atoms. The number of carbonyl (C=O) groups is 2. The van der Waals surface area contributed by atoms with Crippen molar-refractivity contribution in [1.82, 2.24) is 0 Å². The van der Waals surface area contributed by atoms with Crippen LogP contribution in [-0.4, -0.2) is 12.4 Å². The summed E-state index contributed by atoms with van der Waals surface area (Å²) in [6, 6.07) is 13.3. The molecule has 6 nitrogen and oxygen atoms in total. The Labute approximate surface area is 127 Å². The minimum absolute atomic E-state index is 0.389. The number of amides is 3.